The zero-order valence-electron chi connectivity index (χ0n) is 11.1. The molecule has 2 N–H and O–H groups in total. The van der Waals surface area contributed by atoms with Crippen LogP contribution in [0.15, 0.2) is 18.2 Å². The Kier molecular flexibility index (Phi) is 3.65. The van der Waals surface area contributed by atoms with Crippen LogP contribution in [0.5, 0.6) is 0 Å². The molecule has 0 amide bonds. The van der Waals surface area contributed by atoms with Crippen LogP contribution in [0.25, 0.3) is 11.0 Å². The van der Waals surface area contributed by atoms with Crippen LogP contribution >= 0.6 is 11.6 Å². The van der Waals surface area contributed by atoms with Gasteiger partial charge in [0.2, 0.25) is 5.95 Å². The molecule has 1 saturated carbocycles. The Morgan fingerprint density at radius 2 is 2.05 bits per heavy atom. The lowest BCUT2D eigenvalue weighted by Crippen LogP contribution is -2.11. The summed E-state index contributed by atoms with van der Waals surface area (Å²) in [4.78, 5) is 4.39. The van der Waals surface area contributed by atoms with E-state index in [1.165, 1.54) is 38.5 Å². The first kappa shape index (κ1) is 12.8. The summed E-state index contributed by atoms with van der Waals surface area (Å²) in [6.07, 6.45) is 8.07. The number of aromatic nitrogens is 2. The van der Waals surface area contributed by atoms with E-state index in [-0.39, 0.29) is 0 Å². The number of aryl methyl sites for hydroxylation is 1. The summed E-state index contributed by atoms with van der Waals surface area (Å²) in [7, 11) is 0. The molecule has 0 saturated heterocycles. The first-order chi connectivity index (χ1) is 9.25. The Hall–Kier alpha value is -1.22. The van der Waals surface area contributed by atoms with Crippen LogP contribution in [0.2, 0.25) is 5.02 Å². The van der Waals surface area contributed by atoms with Crippen LogP contribution in [-0.2, 0) is 6.54 Å². The maximum Gasteiger partial charge on any atom is 0.201 e. The second-order valence-electron chi connectivity index (χ2n) is 5.52. The highest BCUT2D eigenvalue weighted by Crippen LogP contribution is 2.30. The van der Waals surface area contributed by atoms with Crippen molar-refractivity contribution in [3.63, 3.8) is 0 Å². The number of nitrogens with zero attached hydrogens (tertiary/aromatic N) is 2. The van der Waals surface area contributed by atoms with Gasteiger partial charge in [0.1, 0.15) is 0 Å². The molecule has 3 nitrogen and oxygen atoms in total. The zero-order chi connectivity index (χ0) is 13.2. The smallest absolute Gasteiger partial charge is 0.201 e. The SMILES string of the molecule is Nc1nc2cccc(Cl)c2n1CCC1CCCCC1. The minimum atomic E-state index is 0.582. The fourth-order valence-electron chi connectivity index (χ4n) is 3.17. The number of nitrogens with two attached hydrogens (primary N) is 1. The van der Waals surface area contributed by atoms with Gasteiger partial charge < -0.3 is 10.3 Å². The van der Waals surface area contributed by atoms with E-state index in [0.717, 1.165) is 28.5 Å². The zero-order valence-corrected chi connectivity index (χ0v) is 11.9. The summed E-state index contributed by atoms with van der Waals surface area (Å²) in [5.74, 6) is 1.42. The van der Waals surface area contributed by atoms with Gasteiger partial charge in [0.15, 0.2) is 0 Å². The lowest BCUT2D eigenvalue weighted by atomic mass is 9.87. The lowest BCUT2D eigenvalue weighted by Gasteiger charge is -2.21. The fourth-order valence-corrected chi connectivity index (χ4v) is 3.45. The predicted molar refractivity (Wildman–Crippen MR) is 80.3 cm³/mol. The number of para-hydroxylation sites is 1. The molecule has 1 aromatic carbocycles. The summed E-state index contributed by atoms with van der Waals surface area (Å²) >= 11 is 6.28. The highest BCUT2D eigenvalue weighted by atomic mass is 35.5. The molecule has 0 unspecified atom stereocenters. The van der Waals surface area contributed by atoms with E-state index < -0.39 is 0 Å². The average Bonchev–Trinajstić information content (AvgIpc) is 2.75. The number of hydrogen-bond donors (Lipinski definition) is 1. The van der Waals surface area contributed by atoms with E-state index in [1.807, 2.05) is 18.2 Å². The third-order valence-corrected chi connectivity index (χ3v) is 4.54. The Morgan fingerprint density at radius 1 is 1.26 bits per heavy atom. The van der Waals surface area contributed by atoms with Gasteiger partial charge >= 0.3 is 0 Å². The van der Waals surface area contributed by atoms with Gasteiger partial charge in [-0.1, -0.05) is 49.8 Å². The first-order valence-electron chi connectivity index (χ1n) is 7.16. The number of fused-ring (bicyclic) bond motifs is 1. The molecule has 102 valence electrons. The summed E-state index contributed by atoms with van der Waals surface area (Å²) in [6, 6.07) is 5.79. The van der Waals surface area contributed by atoms with Crippen LogP contribution < -0.4 is 5.73 Å². The standard InChI is InChI=1S/C15H20ClN3/c16-12-7-4-8-13-14(12)19(15(17)18-13)10-9-11-5-2-1-3-6-11/h4,7-8,11H,1-3,5-6,9-10H2,(H2,17,18). The number of benzene rings is 1. The molecule has 4 heteroatoms. The van der Waals surface area contributed by atoms with Crippen molar-refractivity contribution in [3.8, 4) is 0 Å². The minimum absolute atomic E-state index is 0.582. The number of nitrogen functional groups attached to an aromatic ring is 1. The Balaban J connectivity index is 1.81. The van der Waals surface area contributed by atoms with Crippen molar-refractivity contribution in [1.82, 2.24) is 9.55 Å². The van der Waals surface area contributed by atoms with Gasteiger partial charge in [-0.05, 0) is 24.5 Å². The molecule has 1 aromatic heterocycles. The van der Waals surface area contributed by atoms with E-state index in [4.69, 9.17) is 17.3 Å². The van der Waals surface area contributed by atoms with Crippen LogP contribution in [0, 0.1) is 5.92 Å². The third-order valence-electron chi connectivity index (χ3n) is 4.23. The largest absolute Gasteiger partial charge is 0.369 e. The molecule has 1 aliphatic rings. The molecule has 19 heavy (non-hydrogen) atoms. The van der Waals surface area contributed by atoms with E-state index >= 15 is 0 Å². The maximum absolute atomic E-state index is 6.28. The molecule has 0 spiro atoms. The van der Waals surface area contributed by atoms with Crippen molar-refractivity contribution in [3.05, 3.63) is 23.2 Å². The van der Waals surface area contributed by atoms with Crippen LogP contribution in [0.3, 0.4) is 0 Å². The van der Waals surface area contributed by atoms with Gasteiger partial charge in [-0.15, -0.1) is 0 Å². The van der Waals surface area contributed by atoms with Gasteiger partial charge in [0.05, 0.1) is 16.1 Å². The van der Waals surface area contributed by atoms with Gasteiger partial charge in [-0.3, -0.25) is 0 Å². The molecular formula is C15H20ClN3. The minimum Gasteiger partial charge on any atom is -0.369 e. The fraction of sp³-hybridized carbons (Fsp3) is 0.533. The van der Waals surface area contributed by atoms with E-state index in [9.17, 15) is 0 Å². The van der Waals surface area contributed by atoms with Crippen molar-refractivity contribution in [1.29, 1.82) is 0 Å². The highest BCUT2D eigenvalue weighted by Gasteiger charge is 2.16. The van der Waals surface area contributed by atoms with E-state index in [1.54, 1.807) is 0 Å². The molecule has 0 atom stereocenters. The molecule has 1 heterocycles. The normalized spacial score (nSPS) is 17.1. The second kappa shape index (κ2) is 5.41. The number of anilines is 1. The number of imidazole rings is 1. The molecule has 1 fully saturated rings. The Morgan fingerprint density at radius 3 is 2.84 bits per heavy atom. The van der Waals surface area contributed by atoms with Gasteiger partial charge in [0.25, 0.3) is 0 Å². The molecule has 0 aliphatic heterocycles. The molecular weight excluding hydrogens is 258 g/mol. The Bertz CT molecular complexity index is 570. The van der Waals surface area contributed by atoms with Gasteiger partial charge in [0, 0.05) is 6.54 Å². The summed E-state index contributed by atoms with van der Waals surface area (Å²) < 4.78 is 2.08. The third kappa shape index (κ3) is 2.57. The number of rotatable bonds is 3. The van der Waals surface area contributed by atoms with Crippen molar-refractivity contribution >= 4 is 28.6 Å². The molecule has 0 radical (unpaired) electrons. The summed E-state index contributed by atoms with van der Waals surface area (Å²) in [5, 5.41) is 0.741. The second-order valence-corrected chi connectivity index (χ2v) is 5.93. The van der Waals surface area contributed by atoms with E-state index in [2.05, 4.69) is 9.55 Å². The lowest BCUT2D eigenvalue weighted by molar-refractivity contribution is 0.326. The topological polar surface area (TPSA) is 43.8 Å². The number of hydrogen-bond acceptors (Lipinski definition) is 2. The monoisotopic (exact) mass is 277 g/mol. The van der Waals surface area contributed by atoms with E-state index in [0.29, 0.717) is 5.95 Å². The molecule has 2 aromatic rings. The summed E-state index contributed by atoms with van der Waals surface area (Å²) in [5.41, 5.74) is 7.91. The predicted octanol–water partition coefficient (Wildman–Crippen LogP) is 4.24. The number of halogens is 1. The van der Waals surface area contributed by atoms with Crippen molar-refractivity contribution in [2.24, 2.45) is 5.92 Å². The van der Waals surface area contributed by atoms with Crippen LogP contribution in [0.1, 0.15) is 38.5 Å². The Labute approximate surface area is 118 Å². The van der Waals surface area contributed by atoms with Crippen LogP contribution in [-0.4, -0.2) is 9.55 Å². The average molecular weight is 278 g/mol. The van der Waals surface area contributed by atoms with Crippen molar-refractivity contribution < 1.29 is 0 Å². The van der Waals surface area contributed by atoms with Gasteiger partial charge in [-0.2, -0.15) is 0 Å². The highest BCUT2D eigenvalue weighted by molar-refractivity contribution is 6.35. The molecule has 1 aliphatic carbocycles. The quantitative estimate of drug-likeness (QED) is 0.912. The molecule has 0 bridgehead atoms. The summed E-state index contributed by atoms with van der Waals surface area (Å²) in [6.45, 7) is 0.927. The van der Waals surface area contributed by atoms with Crippen molar-refractivity contribution in [2.75, 3.05) is 5.73 Å². The van der Waals surface area contributed by atoms with Crippen LogP contribution in [0.4, 0.5) is 5.95 Å². The maximum atomic E-state index is 6.28. The van der Waals surface area contributed by atoms with Gasteiger partial charge in [-0.25, -0.2) is 4.98 Å². The molecule has 3 rings (SSSR count). The van der Waals surface area contributed by atoms with Crippen molar-refractivity contribution in [2.45, 2.75) is 45.1 Å². The first-order valence-corrected chi connectivity index (χ1v) is 7.54.